The van der Waals surface area contributed by atoms with Gasteiger partial charge in [0.25, 0.3) is 0 Å². The highest BCUT2D eigenvalue weighted by Gasteiger charge is 2.15. The first-order valence-corrected chi connectivity index (χ1v) is 6.17. The van der Waals surface area contributed by atoms with Crippen molar-refractivity contribution in [2.24, 2.45) is 0 Å². The second-order valence-electron chi connectivity index (χ2n) is 2.90. The number of ether oxygens (including phenoxy) is 1. The molecule has 2 aromatic rings. The molecule has 0 aliphatic heterocycles. The third kappa shape index (κ3) is 2.43. The molecule has 0 aliphatic rings. The molecular weight excluding hydrogens is 230 g/mol. The van der Waals surface area contributed by atoms with Crippen LogP contribution in [0.5, 0.6) is 0 Å². The molecule has 1 unspecified atom stereocenters. The van der Waals surface area contributed by atoms with Crippen molar-refractivity contribution in [1.29, 1.82) is 0 Å². The second-order valence-corrected chi connectivity index (χ2v) is 4.77. The number of rotatable bonds is 3. The molecule has 5 heteroatoms. The van der Waals surface area contributed by atoms with Crippen LogP contribution in [0.15, 0.2) is 29.1 Å². The van der Waals surface area contributed by atoms with Crippen molar-refractivity contribution in [1.82, 2.24) is 4.98 Å². The number of thiazole rings is 1. The maximum Gasteiger partial charge on any atom is 0.348 e. The average Bonchev–Trinajstić information content (AvgIpc) is 2.91. The number of nitrogens with zero attached hydrogens (tertiary/aromatic N) is 1. The molecule has 1 atom stereocenters. The molecular formula is C10H9NO2S2. The number of carbonyl (C=O) groups excluding carboxylic acids is 1. The van der Waals surface area contributed by atoms with E-state index in [1.54, 1.807) is 12.3 Å². The summed E-state index contributed by atoms with van der Waals surface area (Å²) in [7, 11) is 0. The van der Waals surface area contributed by atoms with E-state index in [0.717, 1.165) is 5.01 Å². The first-order chi connectivity index (χ1) is 7.27. The van der Waals surface area contributed by atoms with Crippen LogP contribution in [0, 0.1) is 0 Å². The fourth-order valence-corrected chi connectivity index (χ4v) is 2.33. The van der Waals surface area contributed by atoms with Crippen molar-refractivity contribution in [3.05, 3.63) is 39.0 Å². The zero-order chi connectivity index (χ0) is 10.7. The second kappa shape index (κ2) is 4.55. The third-order valence-electron chi connectivity index (χ3n) is 1.81. The Bertz CT molecular complexity index is 422. The molecule has 3 nitrogen and oxygen atoms in total. The van der Waals surface area contributed by atoms with Gasteiger partial charge in [-0.3, -0.25) is 0 Å². The van der Waals surface area contributed by atoms with Crippen LogP contribution in [-0.2, 0) is 4.74 Å². The van der Waals surface area contributed by atoms with Crippen LogP contribution in [0.4, 0.5) is 0 Å². The van der Waals surface area contributed by atoms with Gasteiger partial charge in [0.1, 0.15) is 9.88 Å². The normalized spacial score (nSPS) is 12.3. The summed E-state index contributed by atoms with van der Waals surface area (Å²) in [5.74, 6) is -0.285. The smallest absolute Gasteiger partial charge is 0.348 e. The summed E-state index contributed by atoms with van der Waals surface area (Å²) in [6.45, 7) is 1.82. The molecule has 0 saturated carbocycles. The lowest BCUT2D eigenvalue weighted by Crippen LogP contribution is -2.07. The van der Waals surface area contributed by atoms with Crippen molar-refractivity contribution in [3.63, 3.8) is 0 Å². The number of carbonyl (C=O) groups is 1. The molecule has 0 N–H and O–H groups in total. The molecule has 0 amide bonds. The summed E-state index contributed by atoms with van der Waals surface area (Å²) in [5, 5.41) is 4.54. The van der Waals surface area contributed by atoms with Gasteiger partial charge in [-0.25, -0.2) is 9.78 Å². The van der Waals surface area contributed by atoms with Crippen LogP contribution in [0.3, 0.4) is 0 Å². The van der Waals surface area contributed by atoms with Gasteiger partial charge >= 0.3 is 5.97 Å². The van der Waals surface area contributed by atoms with E-state index in [1.807, 2.05) is 23.8 Å². The minimum absolute atomic E-state index is 0.278. The van der Waals surface area contributed by atoms with Crippen molar-refractivity contribution in [3.8, 4) is 0 Å². The van der Waals surface area contributed by atoms with Crippen LogP contribution in [0.1, 0.15) is 27.7 Å². The largest absolute Gasteiger partial charge is 0.451 e. The Kier molecular flexibility index (Phi) is 3.13. The van der Waals surface area contributed by atoms with Crippen LogP contribution in [0.2, 0.25) is 0 Å². The Hall–Kier alpha value is -1.20. The van der Waals surface area contributed by atoms with Gasteiger partial charge in [-0.05, 0) is 18.4 Å². The van der Waals surface area contributed by atoms with Crippen molar-refractivity contribution in [2.45, 2.75) is 13.0 Å². The molecule has 0 aromatic carbocycles. The Labute approximate surface area is 95.4 Å². The number of hydrogen-bond donors (Lipinski definition) is 0. The lowest BCUT2D eigenvalue weighted by atomic mass is 10.4. The molecule has 0 aliphatic carbocycles. The lowest BCUT2D eigenvalue weighted by Gasteiger charge is -2.08. The monoisotopic (exact) mass is 239 g/mol. The number of aromatic nitrogens is 1. The van der Waals surface area contributed by atoms with E-state index in [9.17, 15) is 4.79 Å². The van der Waals surface area contributed by atoms with Crippen LogP contribution in [-0.4, -0.2) is 11.0 Å². The SMILES string of the molecule is CC(OC(=O)c1cccs1)c1nccs1. The molecule has 0 fully saturated rings. The molecule has 0 spiro atoms. The van der Waals surface area contributed by atoms with Gasteiger partial charge in [-0.1, -0.05) is 6.07 Å². The van der Waals surface area contributed by atoms with Crippen LogP contribution >= 0.6 is 22.7 Å². The van der Waals surface area contributed by atoms with E-state index in [4.69, 9.17) is 4.74 Å². The fourth-order valence-electron chi connectivity index (χ4n) is 1.10. The predicted octanol–water partition coefficient (Wildman–Crippen LogP) is 3.12. The molecule has 2 heterocycles. The summed E-state index contributed by atoms with van der Waals surface area (Å²) in [5.41, 5.74) is 0. The Morgan fingerprint density at radius 1 is 1.47 bits per heavy atom. The van der Waals surface area contributed by atoms with E-state index in [1.165, 1.54) is 22.7 Å². The first kappa shape index (κ1) is 10.3. The van der Waals surface area contributed by atoms with E-state index < -0.39 is 0 Å². The highest BCUT2D eigenvalue weighted by atomic mass is 32.1. The van der Waals surface area contributed by atoms with Gasteiger partial charge in [0, 0.05) is 11.6 Å². The summed E-state index contributed by atoms with van der Waals surface area (Å²) in [6, 6.07) is 3.58. The van der Waals surface area contributed by atoms with E-state index in [-0.39, 0.29) is 12.1 Å². The molecule has 78 valence electrons. The summed E-state index contributed by atoms with van der Waals surface area (Å²) < 4.78 is 5.26. The molecule has 15 heavy (non-hydrogen) atoms. The topological polar surface area (TPSA) is 39.2 Å². The molecule has 0 bridgehead atoms. The molecule has 2 aromatic heterocycles. The zero-order valence-electron chi connectivity index (χ0n) is 8.04. The van der Waals surface area contributed by atoms with Crippen molar-refractivity contribution in [2.75, 3.05) is 0 Å². The number of esters is 1. The summed E-state index contributed by atoms with van der Waals surface area (Å²) in [4.78, 5) is 16.3. The molecule has 0 saturated heterocycles. The minimum atomic E-state index is -0.285. The van der Waals surface area contributed by atoms with Gasteiger partial charge in [-0.2, -0.15) is 0 Å². The van der Waals surface area contributed by atoms with Crippen molar-refractivity contribution < 1.29 is 9.53 Å². The summed E-state index contributed by atoms with van der Waals surface area (Å²) in [6.07, 6.45) is 1.43. The highest BCUT2D eigenvalue weighted by Crippen LogP contribution is 2.21. The Balaban J connectivity index is 2.01. The quantitative estimate of drug-likeness (QED) is 0.772. The molecule has 2 rings (SSSR count). The van der Waals surface area contributed by atoms with Gasteiger partial charge in [0.2, 0.25) is 0 Å². The fraction of sp³-hybridized carbons (Fsp3) is 0.200. The Morgan fingerprint density at radius 2 is 2.33 bits per heavy atom. The van der Waals surface area contributed by atoms with E-state index in [0.29, 0.717) is 4.88 Å². The lowest BCUT2D eigenvalue weighted by molar-refractivity contribution is 0.0343. The van der Waals surface area contributed by atoms with Crippen LogP contribution in [0.25, 0.3) is 0 Å². The molecule has 0 radical (unpaired) electrons. The van der Waals surface area contributed by atoms with E-state index in [2.05, 4.69) is 4.98 Å². The van der Waals surface area contributed by atoms with Crippen LogP contribution < -0.4 is 0 Å². The Morgan fingerprint density at radius 3 is 2.93 bits per heavy atom. The summed E-state index contributed by atoms with van der Waals surface area (Å²) >= 11 is 2.86. The number of thiophene rings is 1. The van der Waals surface area contributed by atoms with Crippen molar-refractivity contribution >= 4 is 28.6 Å². The predicted molar refractivity (Wildman–Crippen MR) is 60.3 cm³/mol. The zero-order valence-corrected chi connectivity index (χ0v) is 9.68. The minimum Gasteiger partial charge on any atom is -0.451 e. The average molecular weight is 239 g/mol. The number of hydrogen-bond acceptors (Lipinski definition) is 5. The third-order valence-corrected chi connectivity index (χ3v) is 3.59. The maximum atomic E-state index is 11.6. The van der Waals surface area contributed by atoms with Gasteiger partial charge in [0.05, 0.1) is 0 Å². The first-order valence-electron chi connectivity index (χ1n) is 4.41. The maximum absolute atomic E-state index is 11.6. The van der Waals surface area contributed by atoms with Gasteiger partial charge in [-0.15, -0.1) is 22.7 Å². The van der Waals surface area contributed by atoms with Gasteiger partial charge in [0.15, 0.2) is 6.10 Å². The standard InChI is InChI=1S/C10H9NO2S2/c1-7(9-11-4-6-15-9)13-10(12)8-3-2-5-14-8/h2-7H,1H3. The van der Waals surface area contributed by atoms with E-state index >= 15 is 0 Å². The van der Waals surface area contributed by atoms with Gasteiger partial charge < -0.3 is 4.74 Å². The highest BCUT2D eigenvalue weighted by molar-refractivity contribution is 7.12.